The zero-order valence-electron chi connectivity index (χ0n) is 15.6. The molecule has 3 rings (SSSR count). The summed E-state index contributed by atoms with van der Waals surface area (Å²) < 4.78 is 25.1. The predicted molar refractivity (Wildman–Crippen MR) is 107 cm³/mol. The van der Waals surface area contributed by atoms with Gasteiger partial charge in [-0.25, -0.2) is 18.1 Å². The van der Waals surface area contributed by atoms with Crippen molar-refractivity contribution in [3.05, 3.63) is 64.6 Å². The molecule has 0 aliphatic rings. The van der Waals surface area contributed by atoms with E-state index in [0.29, 0.717) is 16.8 Å². The monoisotopic (exact) mass is 416 g/mol. The molecular weight excluding hydrogens is 396 g/mol. The molecule has 0 bridgehead atoms. The zero-order valence-corrected chi connectivity index (χ0v) is 16.4. The largest absolute Gasteiger partial charge is 0.395 e. The molecule has 2 aromatic heterocycles. The second-order valence-corrected chi connectivity index (χ2v) is 8.34. The Bertz CT molecular complexity index is 1170. The van der Waals surface area contributed by atoms with Crippen molar-refractivity contribution < 1.29 is 18.6 Å². The molecule has 0 spiro atoms. The van der Waals surface area contributed by atoms with Crippen LogP contribution in [0.4, 0.5) is 11.5 Å². The number of nitrogens with zero attached hydrogens (tertiary/aromatic N) is 3. The molecule has 3 aromatic rings. The smallest absolute Gasteiger partial charge is 0.290 e. The fraction of sp³-hybridized carbons (Fsp3) is 0.211. The lowest BCUT2D eigenvalue weighted by Crippen LogP contribution is -2.23. The van der Waals surface area contributed by atoms with Crippen molar-refractivity contribution in [3.63, 3.8) is 0 Å². The number of nitrogens with one attached hydrogen (secondary N) is 1. The van der Waals surface area contributed by atoms with Gasteiger partial charge in [0.15, 0.2) is 9.84 Å². The Labute approximate surface area is 167 Å². The van der Waals surface area contributed by atoms with Crippen molar-refractivity contribution in [3.8, 4) is 11.3 Å². The van der Waals surface area contributed by atoms with Gasteiger partial charge in [0.1, 0.15) is 11.5 Å². The molecule has 0 saturated heterocycles. The van der Waals surface area contributed by atoms with E-state index in [2.05, 4.69) is 15.4 Å². The van der Waals surface area contributed by atoms with E-state index in [1.165, 1.54) is 30.1 Å². The van der Waals surface area contributed by atoms with Gasteiger partial charge in [0.25, 0.3) is 5.56 Å². The molecule has 3 N–H and O–H groups in total. The van der Waals surface area contributed by atoms with Crippen molar-refractivity contribution in [2.24, 2.45) is 7.05 Å². The Morgan fingerprint density at radius 3 is 2.55 bits per heavy atom. The Balaban J connectivity index is 1.96. The van der Waals surface area contributed by atoms with E-state index in [-0.39, 0.29) is 28.8 Å². The van der Waals surface area contributed by atoms with Crippen molar-refractivity contribution >= 4 is 21.3 Å². The maximum absolute atomic E-state index is 12.5. The summed E-state index contributed by atoms with van der Waals surface area (Å²) in [6, 6.07) is 11.5. The summed E-state index contributed by atoms with van der Waals surface area (Å²) in [5.74, 6) is -0.113. The molecular formula is C19H20N4O5S. The summed E-state index contributed by atoms with van der Waals surface area (Å²) in [6.07, 6.45) is 1.17. The van der Waals surface area contributed by atoms with Gasteiger partial charge in [0, 0.05) is 18.8 Å². The van der Waals surface area contributed by atoms with Gasteiger partial charge in [-0.1, -0.05) is 24.3 Å². The van der Waals surface area contributed by atoms with Crippen LogP contribution >= 0.6 is 0 Å². The fourth-order valence-corrected chi connectivity index (χ4v) is 3.72. The molecule has 2 heterocycles. The number of aliphatic hydroxyl groups excluding tert-OH is 2. The molecule has 9 nitrogen and oxygen atoms in total. The third-order valence-corrected chi connectivity index (χ3v) is 5.92. The van der Waals surface area contributed by atoms with E-state index in [0.717, 1.165) is 0 Å². The molecule has 152 valence electrons. The van der Waals surface area contributed by atoms with E-state index in [9.17, 15) is 18.3 Å². The lowest BCUT2D eigenvalue weighted by molar-refractivity contribution is 0.282. The minimum absolute atomic E-state index is 0.0164. The lowest BCUT2D eigenvalue weighted by atomic mass is 10.0. The zero-order chi connectivity index (χ0) is 21.0. The Morgan fingerprint density at radius 1 is 1.14 bits per heavy atom. The Kier molecular flexibility index (Phi) is 6.06. The number of anilines is 2. The number of aromatic nitrogens is 3. The first-order chi connectivity index (χ1) is 13.9. The Hall–Kier alpha value is -3.08. The highest BCUT2D eigenvalue weighted by Crippen LogP contribution is 2.24. The highest BCUT2D eigenvalue weighted by atomic mass is 32.2. The number of aryl methyl sites for hydroxylation is 1. The standard InChI is InChI=1S/C19H20N4O5S/c1-23-19(26)17(10-16(22-23)15-5-3-2-4-13(15)12-25)21-18-7-6-14(11-20-18)29(27,28)9-8-24/h2-7,10-11,24-25H,8-9,12H2,1H3,(H,20,21). The summed E-state index contributed by atoms with van der Waals surface area (Å²) in [4.78, 5) is 16.5. The molecule has 0 fully saturated rings. The van der Waals surface area contributed by atoms with Gasteiger partial charge in [-0.05, 0) is 23.8 Å². The average Bonchev–Trinajstić information content (AvgIpc) is 2.71. The van der Waals surface area contributed by atoms with Crippen LogP contribution in [0.25, 0.3) is 11.3 Å². The number of hydrogen-bond acceptors (Lipinski definition) is 8. The van der Waals surface area contributed by atoms with Crippen LogP contribution in [0.5, 0.6) is 0 Å². The normalized spacial score (nSPS) is 11.4. The van der Waals surface area contributed by atoms with Crippen LogP contribution in [0.2, 0.25) is 0 Å². The van der Waals surface area contributed by atoms with E-state index in [4.69, 9.17) is 5.11 Å². The second kappa shape index (κ2) is 8.52. The summed E-state index contributed by atoms with van der Waals surface area (Å²) in [5.41, 5.74) is 1.65. The molecule has 10 heteroatoms. The number of sulfone groups is 1. The molecule has 0 unspecified atom stereocenters. The summed E-state index contributed by atoms with van der Waals surface area (Å²) in [5, 5.41) is 25.5. The number of pyridine rings is 1. The first kappa shape index (κ1) is 20.6. The molecule has 29 heavy (non-hydrogen) atoms. The highest BCUT2D eigenvalue weighted by molar-refractivity contribution is 7.91. The number of hydrogen-bond donors (Lipinski definition) is 3. The van der Waals surface area contributed by atoms with Gasteiger partial charge in [-0.3, -0.25) is 4.79 Å². The van der Waals surface area contributed by atoms with Gasteiger partial charge in [-0.2, -0.15) is 5.10 Å². The summed E-state index contributed by atoms with van der Waals surface area (Å²) >= 11 is 0. The van der Waals surface area contributed by atoms with Gasteiger partial charge in [0.05, 0.1) is 29.6 Å². The molecule has 0 saturated carbocycles. The van der Waals surface area contributed by atoms with Crippen LogP contribution in [-0.2, 0) is 23.5 Å². The first-order valence-electron chi connectivity index (χ1n) is 8.70. The lowest BCUT2D eigenvalue weighted by Gasteiger charge is -2.11. The third-order valence-electron chi connectivity index (χ3n) is 4.24. The molecule has 0 aliphatic heterocycles. The Morgan fingerprint density at radius 2 is 1.90 bits per heavy atom. The first-order valence-corrected chi connectivity index (χ1v) is 10.3. The fourth-order valence-electron chi connectivity index (χ4n) is 2.75. The van der Waals surface area contributed by atoms with Crippen LogP contribution in [0.1, 0.15) is 5.56 Å². The van der Waals surface area contributed by atoms with E-state index < -0.39 is 22.0 Å². The minimum Gasteiger partial charge on any atom is -0.395 e. The van der Waals surface area contributed by atoms with Crippen molar-refractivity contribution in [2.75, 3.05) is 17.7 Å². The molecule has 0 aliphatic carbocycles. The second-order valence-electron chi connectivity index (χ2n) is 6.23. The summed E-state index contributed by atoms with van der Waals surface area (Å²) in [7, 11) is -2.09. The maximum Gasteiger partial charge on any atom is 0.290 e. The molecule has 0 atom stereocenters. The molecule has 1 aromatic carbocycles. The summed E-state index contributed by atoms with van der Waals surface area (Å²) in [6.45, 7) is -0.651. The van der Waals surface area contributed by atoms with Gasteiger partial charge in [-0.15, -0.1) is 0 Å². The van der Waals surface area contributed by atoms with E-state index in [1.54, 1.807) is 24.3 Å². The van der Waals surface area contributed by atoms with Crippen molar-refractivity contribution in [1.29, 1.82) is 0 Å². The quantitative estimate of drug-likeness (QED) is 0.516. The number of benzene rings is 1. The van der Waals surface area contributed by atoms with Gasteiger partial charge in [0.2, 0.25) is 0 Å². The van der Waals surface area contributed by atoms with Crippen LogP contribution < -0.4 is 10.9 Å². The van der Waals surface area contributed by atoms with Gasteiger partial charge >= 0.3 is 0 Å². The SMILES string of the molecule is Cn1nc(-c2ccccc2CO)cc(Nc2ccc(S(=O)(=O)CCO)cn2)c1=O. The predicted octanol–water partition coefficient (Wildman–Crippen LogP) is 0.844. The van der Waals surface area contributed by atoms with Crippen LogP contribution in [0.3, 0.4) is 0 Å². The van der Waals surface area contributed by atoms with Crippen LogP contribution in [0, 0.1) is 0 Å². The molecule has 0 radical (unpaired) electrons. The number of aliphatic hydroxyl groups is 2. The third kappa shape index (κ3) is 4.50. The average molecular weight is 416 g/mol. The molecule has 0 amide bonds. The number of rotatable bonds is 7. The van der Waals surface area contributed by atoms with E-state index >= 15 is 0 Å². The van der Waals surface area contributed by atoms with E-state index in [1.807, 2.05) is 6.07 Å². The van der Waals surface area contributed by atoms with Gasteiger partial charge < -0.3 is 15.5 Å². The highest BCUT2D eigenvalue weighted by Gasteiger charge is 2.15. The van der Waals surface area contributed by atoms with Crippen LogP contribution in [0.15, 0.2) is 58.4 Å². The van der Waals surface area contributed by atoms with Crippen molar-refractivity contribution in [1.82, 2.24) is 14.8 Å². The minimum atomic E-state index is -3.61. The topological polar surface area (TPSA) is 134 Å². The van der Waals surface area contributed by atoms with Crippen LogP contribution in [-0.4, -0.2) is 45.8 Å². The van der Waals surface area contributed by atoms with Crippen molar-refractivity contribution in [2.45, 2.75) is 11.5 Å². The maximum atomic E-state index is 12.5.